The number of hydrogen-bond acceptors (Lipinski definition) is 3. The molecular formula is C15H26N2O. The molecule has 0 amide bonds. The Hall–Kier alpha value is -1.12. The summed E-state index contributed by atoms with van der Waals surface area (Å²) in [4.78, 5) is 8.56. The molecule has 0 aromatic carbocycles. The van der Waals surface area contributed by atoms with Gasteiger partial charge in [-0.25, -0.2) is 4.98 Å². The molecular weight excluding hydrogens is 224 g/mol. The minimum atomic E-state index is 0.352. The standard InChI is InChI=1S/C13H20N2O.C2H6/c1-9-4-6-12(7-5-9)16-13-8-10(2)14-11(3)15-13;1-2/h8-9,12H,4-7H2,1-3H3;1-2H3. The maximum atomic E-state index is 5.91. The molecule has 0 aliphatic heterocycles. The molecule has 1 aliphatic rings. The van der Waals surface area contributed by atoms with Gasteiger partial charge in [0.2, 0.25) is 5.88 Å². The van der Waals surface area contributed by atoms with Gasteiger partial charge in [0, 0.05) is 11.8 Å². The highest BCUT2D eigenvalue weighted by atomic mass is 16.5. The largest absolute Gasteiger partial charge is 0.474 e. The van der Waals surface area contributed by atoms with Gasteiger partial charge >= 0.3 is 0 Å². The lowest BCUT2D eigenvalue weighted by molar-refractivity contribution is 0.129. The van der Waals surface area contributed by atoms with Crippen LogP contribution < -0.4 is 4.74 Å². The molecule has 0 spiro atoms. The van der Waals surface area contributed by atoms with Crippen molar-refractivity contribution in [2.75, 3.05) is 0 Å². The summed E-state index contributed by atoms with van der Waals surface area (Å²) in [5.41, 5.74) is 0.978. The van der Waals surface area contributed by atoms with Gasteiger partial charge in [-0.1, -0.05) is 20.8 Å². The molecule has 0 saturated heterocycles. The van der Waals surface area contributed by atoms with E-state index in [1.54, 1.807) is 0 Å². The van der Waals surface area contributed by atoms with Crippen LogP contribution in [0.15, 0.2) is 6.07 Å². The van der Waals surface area contributed by atoms with E-state index in [0.29, 0.717) is 6.10 Å². The molecule has 3 heteroatoms. The monoisotopic (exact) mass is 250 g/mol. The summed E-state index contributed by atoms with van der Waals surface area (Å²) in [6.45, 7) is 10.2. The zero-order valence-electron chi connectivity index (χ0n) is 12.4. The Morgan fingerprint density at radius 2 is 1.67 bits per heavy atom. The van der Waals surface area contributed by atoms with Crippen molar-refractivity contribution in [2.45, 2.75) is 66.4 Å². The fourth-order valence-electron chi connectivity index (χ4n) is 2.26. The van der Waals surface area contributed by atoms with Crippen LogP contribution >= 0.6 is 0 Å². The van der Waals surface area contributed by atoms with Crippen molar-refractivity contribution < 1.29 is 4.74 Å². The van der Waals surface area contributed by atoms with Crippen LogP contribution in [0.4, 0.5) is 0 Å². The lowest BCUT2D eigenvalue weighted by Crippen LogP contribution is -2.23. The second-order valence-electron chi connectivity index (χ2n) is 4.89. The Balaban J connectivity index is 0.000000771. The van der Waals surface area contributed by atoms with Gasteiger partial charge in [0.1, 0.15) is 11.9 Å². The topological polar surface area (TPSA) is 35.0 Å². The lowest BCUT2D eigenvalue weighted by atomic mass is 9.89. The minimum absolute atomic E-state index is 0.352. The molecule has 1 heterocycles. The van der Waals surface area contributed by atoms with E-state index in [1.807, 2.05) is 33.8 Å². The number of aryl methyl sites for hydroxylation is 2. The van der Waals surface area contributed by atoms with E-state index in [0.717, 1.165) is 36.2 Å². The van der Waals surface area contributed by atoms with Crippen LogP contribution in [-0.4, -0.2) is 16.1 Å². The Morgan fingerprint density at radius 3 is 2.22 bits per heavy atom. The van der Waals surface area contributed by atoms with Crippen molar-refractivity contribution >= 4 is 0 Å². The smallest absolute Gasteiger partial charge is 0.217 e. The molecule has 102 valence electrons. The quantitative estimate of drug-likeness (QED) is 0.793. The third-order valence-electron chi connectivity index (χ3n) is 3.19. The number of aromatic nitrogens is 2. The van der Waals surface area contributed by atoms with E-state index in [2.05, 4.69) is 16.9 Å². The van der Waals surface area contributed by atoms with E-state index in [4.69, 9.17) is 4.74 Å². The van der Waals surface area contributed by atoms with Crippen molar-refractivity contribution in [3.05, 3.63) is 17.6 Å². The number of rotatable bonds is 2. The highest BCUT2D eigenvalue weighted by Crippen LogP contribution is 2.26. The third kappa shape index (κ3) is 4.63. The Bertz CT molecular complexity index is 337. The summed E-state index contributed by atoms with van der Waals surface area (Å²) in [5, 5.41) is 0. The zero-order valence-corrected chi connectivity index (χ0v) is 12.4. The van der Waals surface area contributed by atoms with Crippen LogP contribution in [0.25, 0.3) is 0 Å². The Morgan fingerprint density at radius 1 is 1.06 bits per heavy atom. The summed E-state index contributed by atoms with van der Waals surface area (Å²) in [6, 6.07) is 1.92. The van der Waals surface area contributed by atoms with Crippen LogP contribution in [0, 0.1) is 19.8 Å². The molecule has 1 aromatic heterocycles. The lowest BCUT2D eigenvalue weighted by Gasteiger charge is -2.26. The minimum Gasteiger partial charge on any atom is -0.474 e. The predicted molar refractivity (Wildman–Crippen MR) is 74.9 cm³/mol. The van der Waals surface area contributed by atoms with Crippen molar-refractivity contribution in [2.24, 2.45) is 5.92 Å². The fraction of sp³-hybridized carbons (Fsp3) is 0.733. The summed E-state index contributed by atoms with van der Waals surface area (Å²) in [6.07, 6.45) is 5.21. The van der Waals surface area contributed by atoms with Crippen LogP contribution in [0.2, 0.25) is 0 Å². The van der Waals surface area contributed by atoms with Gasteiger partial charge in [0.25, 0.3) is 0 Å². The van der Waals surface area contributed by atoms with Crippen molar-refractivity contribution in [1.82, 2.24) is 9.97 Å². The molecule has 1 aliphatic carbocycles. The summed E-state index contributed by atoms with van der Waals surface area (Å²) in [7, 11) is 0. The first-order valence-corrected chi connectivity index (χ1v) is 7.12. The van der Waals surface area contributed by atoms with Crippen LogP contribution in [0.5, 0.6) is 5.88 Å². The highest BCUT2D eigenvalue weighted by Gasteiger charge is 2.19. The molecule has 0 unspecified atom stereocenters. The number of nitrogens with zero attached hydrogens (tertiary/aromatic N) is 2. The second kappa shape index (κ2) is 7.34. The average molecular weight is 250 g/mol. The molecule has 18 heavy (non-hydrogen) atoms. The SMILES string of the molecule is CC.Cc1cc(OC2CCC(C)CC2)nc(C)n1. The Labute approximate surface area is 111 Å². The maximum absolute atomic E-state index is 5.91. The van der Waals surface area contributed by atoms with Crippen LogP contribution in [-0.2, 0) is 0 Å². The van der Waals surface area contributed by atoms with Crippen molar-refractivity contribution in [3.63, 3.8) is 0 Å². The molecule has 1 fully saturated rings. The number of hydrogen-bond donors (Lipinski definition) is 0. The molecule has 0 bridgehead atoms. The van der Waals surface area contributed by atoms with Crippen LogP contribution in [0.1, 0.15) is 58.0 Å². The first-order valence-electron chi connectivity index (χ1n) is 7.12. The van der Waals surface area contributed by atoms with E-state index < -0.39 is 0 Å². The van der Waals surface area contributed by atoms with E-state index >= 15 is 0 Å². The van der Waals surface area contributed by atoms with Gasteiger partial charge in [-0.05, 0) is 45.4 Å². The zero-order chi connectivity index (χ0) is 13.5. The third-order valence-corrected chi connectivity index (χ3v) is 3.19. The Kier molecular flexibility index (Phi) is 6.10. The van der Waals surface area contributed by atoms with Gasteiger partial charge < -0.3 is 4.74 Å². The maximum Gasteiger partial charge on any atom is 0.217 e. The summed E-state index contributed by atoms with van der Waals surface area (Å²) in [5.74, 6) is 2.39. The molecule has 2 rings (SSSR count). The number of ether oxygens (including phenoxy) is 1. The van der Waals surface area contributed by atoms with Gasteiger partial charge in [-0.15, -0.1) is 0 Å². The summed E-state index contributed by atoms with van der Waals surface area (Å²) >= 11 is 0. The first kappa shape index (κ1) is 14.9. The van der Waals surface area contributed by atoms with Gasteiger partial charge in [0.15, 0.2) is 0 Å². The second-order valence-corrected chi connectivity index (χ2v) is 4.89. The van der Waals surface area contributed by atoms with E-state index in [9.17, 15) is 0 Å². The van der Waals surface area contributed by atoms with Gasteiger partial charge in [-0.2, -0.15) is 4.98 Å². The molecule has 0 radical (unpaired) electrons. The average Bonchev–Trinajstić information content (AvgIpc) is 2.33. The van der Waals surface area contributed by atoms with E-state index in [-0.39, 0.29) is 0 Å². The highest BCUT2D eigenvalue weighted by molar-refractivity contribution is 5.15. The predicted octanol–water partition coefficient (Wildman–Crippen LogP) is 4.08. The molecule has 1 aromatic rings. The summed E-state index contributed by atoms with van der Waals surface area (Å²) < 4.78 is 5.91. The first-order chi connectivity index (χ1) is 8.63. The molecule has 0 atom stereocenters. The van der Waals surface area contributed by atoms with E-state index in [1.165, 1.54) is 12.8 Å². The molecule has 0 N–H and O–H groups in total. The fourth-order valence-corrected chi connectivity index (χ4v) is 2.26. The van der Waals surface area contributed by atoms with Gasteiger partial charge in [0.05, 0.1) is 0 Å². The normalized spacial score (nSPS) is 22.9. The van der Waals surface area contributed by atoms with Gasteiger partial charge in [-0.3, -0.25) is 0 Å². The molecule has 3 nitrogen and oxygen atoms in total. The van der Waals surface area contributed by atoms with Crippen LogP contribution in [0.3, 0.4) is 0 Å². The molecule has 1 saturated carbocycles. The van der Waals surface area contributed by atoms with Crippen molar-refractivity contribution in [3.8, 4) is 5.88 Å². The van der Waals surface area contributed by atoms with Crippen molar-refractivity contribution in [1.29, 1.82) is 0 Å².